The number of hydrogen-bond donors (Lipinski definition) is 1. The average Bonchev–Trinajstić information content (AvgIpc) is 2.46. The maximum Gasteiger partial charge on any atom is 0.255 e. The van der Waals surface area contributed by atoms with E-state index in [1.165, 1.54) is 0 Å². The molecule has 8 heteroatoms. The second-order valence-electron chi connectivity index (χ2n) is 5.26. The van der Waals surface area contributed by atoms with Crippen molar-refractivity contribution in [2.24, 2.45) is 0 Å². The molecule has 2 rings (SSSR count). The van der Waals surface area contributed by atoms with Crippen LogP contribution in [0.1, 0.15) is 13.8 Å². The molecule has 0 saturated carbocycles. The standard InChI is InChI=1S/C13H20F3N5/c1-9(2)20-3-5-21(6-4-20)13-18-7-10(14)12(19-13)17-8-11(15)16/h7,9,11H,3-6,8H2,1-2H3,(H,17,18,19). The second-order valence-corrected chi connectivity index (χ2v) is 5.26. The van der Waals surface area contributed by atoms with Crippen LogP contribution >= 0.6 is 0 Å². The summed E-state index contributed by atoms with van der Waals surface area (Å²) in [4.78, 5) is 12.2. The van der Waals surface area contributed by atoms with Crippen LogP contribution in [0.5, 0.6) is 0 Å². The summed E-state index contributed by atoms with van der Waals surface area (Å²) in [5.74, 6) is -0.525. The number of aromatic nitrogens is 2. The van der Waals surface area contributed by atoms with Crippen molar-refractivity contribution >= 4 is 11.8 Å². The minimum atomic E-state index is -2.56. The van der Waals surface area contributed by atoms with Crippen LogP contribution in [0.3, 0.4) is 0 Å². The maximum absolute atomic E-state index is 13.5. The van der Waals surface area contributed by atoms with E-state index < -0.39 is 18.8 Å². The molecule has 1 aliphatic heterocycles. The molecule has 5 nitrogen and oxygen atoms in total. The summed E-state index contributed by atoms with van der Waals surface area (Å²) in [7, 11) is 0. The van der Waals surface area contributed by atoms with E-state index in [2.05, 4.69) is 34.0 Å². The number of nitrogens with one attached hydrogen (secondary N) is 1. The monoisotopic (exact) mass is 303 g/mol. The number of anilines is 2. The molecule has 0 aliphatic carbocycles. The first kappa shape index (κ1) is 15.8. The third-order valence-corrected chi connectivity index (χ3v) is 3.48. The van der Waals surface area contributed by atoms with E-state index in [0.29, 0.717) is 12.0 Å². The van der Waals surface area contributed by atoms with Gasteiger partial charge < -0.3 is 10.2 Å². The third kappa shape index (κ3) is 4.20. The molecule has 1 aliphatic rings. The van der Waals surface area contributed by atoms with Crippen LogP contribution in [-0.4, -0.2) is 60.1 Å². The van der Waals surface area contributed by atoms with Gasteiger partial charge in [-0.05, 0) is 13.8 Å². The van der Waals surface area contributed by atoms with Crippen molar-refractivity contribution in [3.8, 4) is 0 Å². The fourth-order valence-electron chi connectivity index (χ4n) is 2.25. The van der Waals surface area contributed by atoms with Crippen molar-refractivity contribution in [2.75, 3.05) is 42.9 Å². The Morgan fingerprint density at radius 3 is 2.48 bits per heavy atom. The van der Waals surface area contributed by atoms with Crippen molar-refractivity contribution in [2.45, 2.75) is 26.3 Å². The lowest BCUT2D eigenvalue weighted by molar-refractivity contribution is 0.163. The number of halogens is 3. The minimum absolute atomic E-state index is 0.174. The van der Waals surface area contributed by atoms with Gasteiger partial charge in [-0.3, -0.25) is 4.90 Å². The first-order valence-corrected chi connectivity index (χ1v) is 7.01. The molecule has 118 valence electrons. The van der Waals surface area contributed by atoms with Crippen LogP contribution in [-0.2, 0) is 0 Å². The van der Waals surface area contributed by atoms with Crippen LogP contribution in [0.25, 0.3) is 0 Å². The summed E-state index contributed by atoms with van der Waals surface area (Å²) in [6.45, 7) is 6.86. The van der Waals surface area contributed by atoms with Crippen molar-refractivity contribution in [1.29, 1.82) is 0 Å². The molecule has 0 unspecified atom stereocenters. The van der Waals surface area contributed by atoms with Gasteiger partial charge in [0, 0.05) is 32.2 Å². The predicted octanol–water partition coefficient (Wildman–Crippen LogP) is 1.82. The second kappa shape index (κ2) is 6.93. The zero-order valence-corrected chi connectivity index (χ0v) is 12.2. The Balaban J connectivity index is 2.02. The minimum Gasteiger partial charge on any atom is -0.362 e. The summed E-state index contributed by atoms with van der Waals surface area (Å²) in [5.41, 5.74) is 0. The first-order valence-electron chi connectivity index (χ1n) is 7.01. The highest BCUT2D eigenvalue weighted by atomic mass is 19.3. The highest BCUT2D eigenvalue weighted by Gasteiger charge is 2.21. The van der Waals surface area contributed by atoms with Gasteiger partial charge in [0.2, 0.25) is 5.95 Å². The van der Waals surface area contributed by atoms with E-state index in [4.69, 9.17) is 0 Å². The molecule has 1 saturated heterocycles. The fraction of sp³-hybridized carbons (Fsp3) is 0.692. The zero-order chi connectivity index (χ0) is 15.4. The van der Waals surface area contributed by atoms with Crippen LogP contribution in [0.15, 0.2) is 6.20 Å². The number of nitrogens with zero attached hydrogens (tertiary/aromatic N) is 4. The summed E-state index contributed by atoms with van der Waals surface area (Å²) >= 11 is 0. The highest BCUT2D eigenvalue weighted by Crippen LogP contribution is 2.17. The van der Waals surface area contributed by atoms with E-state index in [9.17, 15) is 13.2 Å². The van der Waals surface area contributed by atoms with Crippen LogP contribution in [0, 0.1) is 5.82 Å². The van der Waals surface area contributed by atoms with Gasteiger partial charge in [-0.1, -0.05) is 0 Å². The number of rotatable bonds is 5. The lowest BCUT2D eigenvalue weighted by atomic mass is 10.2. The van der Waals surface area contributed by atoms with Crippen LogP contribution < -0.4 is 10.2 Å². The molecule has 0 radical (unpaired) electrons. The summed E-state index contributed by atoms with van der Waals surface area (Å²) < 4.78 is 37.9. The molecular weight excluding hydrogens is 283 g/mol. The normalized spacial score (nSPS) is 16.8. The SMILES string of the molecule is CC(C)N1CCN(c2ncc(F)c(NCC(F)F)n2)CC1. The largest absolute Gasteiger partial charge is 0.362 e. The Labute approximate surface area is 122 Å². The Morgan fingerprint density at radius 1 is 1.24 bits per heavy atom. The maximum atomic E-state index is 13.5. The summed E-state index contributed by atoms with van der Waals surface area (Å²) in [6.07, 6.45) is -1.54. The summed E-state index contributed by atoms with van der Waals surface area (Å²) in [5, 5.41) is 2.31. The molecule has 0 amide bonds. The van der Waals surface area contributed by atoms with E-state index in [-0.39, 0.29) is 5.82 Å². The molecule has 0 bridgehead atoms. The van der Waals surface area contributed by atoms with E-state index in [1.54, 1.807) is 0 Å². The van der Waals surface area contributed by atoms with Gasteiger partial charge in [-0.2, -0.15) is 4.98 Å². The molecular formula is C13H20F3N5. The van der Waals surface area contributed by atoms with Crippen LogP contribution in [0.2, 0.25) is 0 Å². The van der Waals surface area contributed by atoms with E-state index in [1.807, 2.05) is 4.90 Å². The number of alkyl halides is 2. The Hall–Kier alpha value is -1.57. The smallest absolute Gasteiger partial charge is 0.255 e. The molecule has 0 aromatic carbocycles. The molecule has 0 atom stereocenters. The van der Waals surface area contributed by atoms with E-state index >= 15 is 0 Å². The van der Waals surface area contributed by atoms with E-state index in [0.717, 1.165) is 32.4 Å². The van der Waals surface area contributed by atoms with Crippen molar-refractivity contribution < 1.29 is 13.2 Å². The highest BCUT2D eigenvalue weighted by molar-refractivity contribution is 5.42. The number of piperazine rings is 1. The van der Waals surface area contributed by atoms with Crippen molar-refractivity contribution in [3.05, 3.63) is 12.0 Å². The van der Waals surface area contributed by atoms with Gasteiger partial charge in [0.25, 0.3) is 6.43 Å². The quantitative estimate of drug-likeness (QED) is 0.899. The van der Waals surface area contributed by atoms with Gasteiger partial charge in [0.15, 0.2) is 11.6 Å². The predicted molar refractivity (Wildman–Crippen MR) is 75.4 cm³/mol. The van der Waals surface area contributed by atoms with Gasteiger partial charge in [0.1, 0.15) is 0 Å². The molecule has 2 heterocycles. The molecule has 0 spiro atoms. The fourth-order valence-corrected chi connectivity index (χ4v) is 2.25. The van der Waals surface area contributed by atoms with Gasteiger partial charge >= 0.3 is 0 Å². The Morgan fingerprint density at radius 2 is 1.90 bits per heavy atom. The lowest BCUT2D eigenvalue weighted by Crippen LogP contribution is -2.49. The Bertz CT molecular complexity index is 461. The van der Waals surface area contributed by atoms with Gasteiger partial charge in [-0.25, -0.2) is 18.2 Å². The van der Waals surface area contributed by atoms with Crippen LogP contribution in [0.4, 0.5) is 24.9 Å². The molecule has 1 N–H and O–H groups in total. The Kier molecular flexibility index (Phi) is 5.22. The first-order chi connectivity index (χ1) is 9.97. The lowest BCUT2D eigenvalue weighted by Gasteiger charge is -2.36. The van der Waals surface area contributed by atoms with Gasteiger partial charge in [-0.15, -0.1) is 0 Å². The summed E-state index contributed by atoms with van der Waals surface area (Å²) in [6, 6.07) is 0.476. The zero-order valence-electron chi connectivity index (χ0n) is 12.2. The van der Waals surface area contributed by atoms with Crippen molar-refractivity contribution in [1.82, 2.24) is 14.9 Å². The molecule has 21 heavy (non-hydrogen) atoms. The van der Waals surface area contributed by atoms with Gasteiger partial charge in [0.05, 0.1) is 12.7 Å². The third-order valence-electron chi connectivity index (χ3n) is 3.48. The molecule has 1 fully saturated rings. The molecule has 1 aromatic heterocycles. The molecule has 1 aromatic rings. The topological polar surface area (TPSA) is 44.3 Å². The van der Waals surface area contributed by atoms with Crippen molar-refractivity contribution in [3.63, 3.8) is 0 Å². The average molecular weight is 303 g/mol. The number of hydrogen-bond acceptors (Lipinski definition) is 5.